The number of nitro groups is 1. The van der Waals surface area contributed by atoms with Gasteiger partial charge in [0.1, 0.15) is 0 Å². The van der Waals surface area contributed by atoms with E-state index in [0.29, 0.717) is 10.5 Å². The average Bonchev–Trinajstić information content (AvgIpc) is 2.82. The summed E-state index contributed by atoms with van der Waals surface area (Å²) in [4.78, 5) is 15.1. The van der Waals surface area contributed by atoms with Crippen LogP contribution < -0.4 is 0 Å². The SMILES string of the molecule is O=[N+]([O-])c1cc(CO)ccc1Sc1nccs1. The number of hydrogen-bond acceptors (Lipinski definition) is 6. The van der Waals surface area contributed by atoms with Gasteiger partial charge in [-0.15, -0.1) is 11.3 Å². The third-order valence-electron chi connectivity index (χ3n) is 2.01. The lowest BCUT2D eigenvalue weighted by Gasteiger charge is -2.02. The van der Waals surface area contributed by atoms with Gasteiger partial charge in [0, 0.05) is 17.6 Å². The molecule has 0 radical (unpaired) electrons. The Balaban J connectivity index is 2.36. The molecule has 0 fully saturated rings. The number of nitro benzene ring substituents is 1. The van der Waals surface area contributed by atoms with Crippen molar-refractivity contribution in [3.05, 3.63) is 45.5 Å². The first-order chi connectivity index (χ1) is 8.20. The van der Waals surface area contributed by atoms with E-state index in [9.17, 15) is 10.1 Å². The van der Waals surface area contributed by atoms with Crippen LogP contribution in [0.4, 0.5) is 5.69 Å². The fourth-order valence-electron chi connectivity index (χ4n) is 1.25. The number of benzene rings is 1. The number of nitrogens with zero attached hydrogens (tertiary/aromatic N) is 2. The molecule has 0 aliphatic rings. The second kappa shape index (κ2) is 5.26. The maximum absolute atomic E-state index is 10.9. The minimum absolute atomic E-state index is 0.00301. The van der Waals surface area contributed by atoms with E-state index in [2.05, 4.69) is 4.98 Å². The Kier molecular flexibility index (Phi) is 3.72. The third-order valence-corrected chi connectivity index (χ3v) is 3.96. The molecule has 1 aromatic carbocycles. The minimum Gasteiger partial charge on any atom is -0.392 e. The summed E-state index contributed by atoms with van der Waals surface area (Å²) in [6, 6.07) is 4.69. The first-order valence-electron chi connectivity index (χ1n) is 4.66. The molecule has 0 aliphatic heterocycles. The predicted octanol–water partition coefficient (Wildman–Crippen LogP) is 2.69. The molecule has 17 heavy (non-hydrogen) atoms. The van der Waals surface area contributed by atoms with E-state index in [1.807, 2.05) is 5.38 Å². The highest BCUT2D eigenvalue weighted by atomic mass is 32.2. The van der Waals surface area contributed by atoms with Gasteiger partial charge >= 0.3 is 0 Å². The van der Waals surface area contributed by atoms with Crippen LogP contribution in [0.2, 0.25) is 0 Å². The maximum atomic E-state index is 10.9. The minimum atomic E-state index is -0.449. The molecule has 2 aromatic rings. The van der Waals surface area contributed by atoms with Crippen molar-refractivity contribution in [1.29, 1.82) is 0 Å². The quantitative estimate of drug-likeness (QED) is 0.681. The highest BCUT2D eigenvalue weighted by Crippen LogP contribution is 2.36. The maximum Gasteiger partial charge on any atom is 0.283 e. The highest BCUT2D eigenvalue weighted by Gasteiger charge is 2.16. The number of hydrogen-bond donors (Lipinski definition) is 1. The van der Waals surface area contributed by atoms with Gasteiger partial charge in [0.05, 0.1) is 16.4 Å². The summed E-state index contributed by atoms with van der Waals surface area (Å²) in [6.45, 7) is -0.205. The molecule has 0 bridgehead atoms. The van der Waals surface area contributed by atoms with Crippen LogP contribution in [0, 0.1) is 10.1 Å². The molecule has 0 aliphatic carbocycles. The Bertz CT molecular complexity index is 528. The Morgan fingerprint density at radius 1 is 1.53 bits per heavy atom. The Morgan fingerprint density at radius 2 is 2.35 bits per heavy atom. The number of aromatic nitrogens is 1. The molecule has 0 saturated carbocycles. The van der Waals surface area contributed by atoms with Crippen LogP contribution in [0.1, 0.15) is 5.56 Å². The standard InChI is InChI=1S/C10H8N2O3S2/c13-6-7-1-2-9(8(5-7)12(14)15)17-10-11-3-4-16-10/h1-5,13H,6H2. The molecule has 1 heterocycles. The van der Waals surface area contributed by atoms with E-state index in [1.54, 1.807) is 18.3 Å². The lowest BCUT2D eigenvalue weighted by Crippen LogP contribution is -1.93. The monoisotopic (exact) mass is 268 g/mol. The fraction of sp³-hybridized carbons (Fsp3) is 0.100. The van der Waals surface area contributed by atoms with Gasteiger partial charge in [-0.2, -0.15) is 0 Å². The Morgan fingerprint density at radius 3 is 2.94 bits per heavy atom. The lowest BCUT2D eigenvalue weighted by atomic mass is 10.2. The van der Waals surface area contributed by atoms with Gasteiger partial charge in [-0.25, -0.2) is 4.98 Å². The highest BCUT2D eigenvalue weighted by molar-refractivity contribution is 8.01. The molecule has 5 nitrogen and oxygen atoms in total. The van der Waals surface area contributed by atoms with Crippen LogP contribution in [0.15, 0.2) is 39.0 Å². The van der Waals surface area contributed by atoms with Crippen molar-refractivity contribution < 1.29 is 10.0 Å². The number of aliphatic hydroxyl groups is 1. The Labute approximate surface area is 105 Å². The van der Waals surface area contributed by atoms with Crippen molar-refractivity contribution in [2.45, 2.75) is 15.8 Å². The second-order valence-corrected chi connectivity index (χ2v) is 5.30. The molecule has 0 unspecified atom stereocenters. The van der Waals surface area contributed by atoms with Gasteiger partial charge in [-0.05, 0) is 11.6 Å². The zero-order chi connectivity index (χ0) is 12.3. The van der Waals surface area contributed by atoms with Gasteiger partial charge in [0.25, 0.3) is 5.69 Å². The number of rotatable bonds is 4. The van der Waals surface area contributed by atoms with Crippen molar-refractivity contribution in [2.75, 3.05) is 0 Å². The molecule has 88 valence electrons. The largest absolute Gasteiger partial charge is 0.392 e. The third kappa shape index (κ3) is 2.82. The van der Waals surface area contributed by atoms with Crippen molar-refractivity contribution >= 4 is 28.8 Å². The van der Waals surface area contributed by atoms with Gasteiger partial charge in [0.2, 0.25) is 0 Å². The summed E-state index contributed by atoms with van der Waals surface area (Å²) in [6.07, 6.45) is 1.65. The van der Waals surface area contributed by atoms with Crippen LogP contribution >= 0.6 is 23.1 Å². The fourth-order valence-corrected chi connectivity index (χ4v) is 2.91. The first-order valence-corrected chi connectivity index (χ1v) is 6.36. The predicted molar refractivity (Wildman–Crippen MR) is 65.3 cm³/mol. The van der Waals surface area contributed by atoms with Crippen LogP contribution in [0.3, 0.4) is 0 Å². The van der Waals surface area contributed by atoms with Crippen molar-refractivity contribution in [3.8, 4) is 0 Å². The zero-order valence-corrected chi connectivity index (χ0v) is 10.2. The summed E-state index contributed by atoms with van der Waals surface area (Å²) in [7, 11) is 0. The average molecular weight is 268 g/mol. The number of thiazole rings is 1. The van der Waals surface area contributed by atoms with E-state index in [1.165, 1.54) is 29.2 Å². The molecular weight excluding hydrogens is 260 g/mol. The second-order valence-electron chi connectivity index (χ2n) is 3.12. The number of aliphatic hydroxyl groups excluding tert-OH is 1. The van der Waals surface area contributed by atoms with Crippen molar-refractivity contribution in [1.82, 2.24) is 4.98 Å². The molecule has 0 spiro atoms. The van der Waals surface area contributed by atoms with E-state index < -0.39 is 4.92 Å². The molecule has 0 atom stereocenters. The first kappa shape index (κ1) is 12.0. The summed E-state index contributed by atoms with van der Waals surface area (Å²) in [5.41, 5.74) is 0.525. The molecule has 0 saturated heterocycles. The van der Waals surface area contributed by atoms with Crippen LogP contribution in [-0.2, 0) is 6.61 Å². The molecule has 7 heteroatoms. The lowest BCUT2D eigenvalue weighted by molar-refractivity contribution is -0.387. The summed E-state index contributed by atoms with van der Waals surface area (Å²) < 4.78 is 0.754. The van der Waals surface area contributed by atoms with E-state index in [-0.39, 0.29) is 12.3 Å². The van der Waals surface area contributed by atoms with Crippen LogP contribution in [0.25, 0.3) is 0 Å². The molecule has 2 rings (SSSR count). The smallest absolute Gasteiger partial charge is 0.283 e. The van der Waals surface area contributed by atoms with E-state index in [0.717, 1.165) is 4.34 Å². The van der Waals surface area contributed by atoms with Crippen molar-refractivity contribution in [3.63, 3.8) is 0 Å². The molecule has 1 N–H and O–H groups in total. The van der Waals surface area contributed by atoms with Crippen LogP contribution in [-0.4, -0.2) is 15.0 Å². The summed E-state index contributed by atoms with van der Waals surface area (Å²) >= 11 is 2.68. The van der Waals surface area contributed by atoms with Crippen LogP contribution in [0.5, 0.6) is 0 Å². The molecule has 1 aromatic heterocycles. The summed E-state index contributed by atoms with van der Waals surface area (Å²) in [5, 5.41) is 21.7. The normalized spacial score (nSPS) is 10.4. The van der Waals surface area contributed by atoms with Gasteiger partial charge < -0.3 is 5.11 Å². The van der Waals surface area contributed by atoms with Crippen molar-refractivity contribution in [2.24, 2.45) is 0 Å². The van der Waals surface area contributed by atoms with Gasteiger partial charge in [-0.3, -0.25) is 10.1 Å². The van der Waals surface area contributed by atoms with E-state index >= 15 is 0 Å². The topological polar surface area (TPSA) is 76.3 Å². The molecular formula is C10H8N2O3S2. The molecule has 0 amide bonds. The van der Waals surface area contributed by atoms with Gasteiger partial charge in [-0.1, -0.05) is 17.8 Å². The summed E-state index contributed by atoms with van der Waals surface area (Å²) in [5.74, 6) is 0. The Hall–Kier alpha value is -1.44. The zero-order valence-electron chi connectivity index (χ0n) is 8.57. The van der Waals surface area contributed by atoms with Gasteiger partial charge in [0.15, 0.2) is 4.34 Å². The van der Waals surface area contributed by atoms with E-state index in [4.69, 9.17) is 5.11 Å².